The van der Waals surface area contributed by atoms with Crippen LogP contribution in [0.1, 0.15) is 0 Å². The van der Waals surface area contributed by atoms with Crippen molar-refractivity contribution in [2.24, 2.45) is 10.9 Å². The predicted octanol–water partition coefficient (Wildman–Crippen LogP) is 0.413. The lowest BCUT2D eigenvalue weighted by atomic mass is 10.3. The summed E-state index contributed by atoms with van der Waals surface area (Å²) in [5.41, 5.74) is 5.86. The van der Waals surface area contributed by atoms with E-state index in [1.165, 1.54) is 0 Å². The Kier molecular flexibility index (Phi) is 7.62. The number of nitrogens with two attached hydrogens (primary N) is 1. The third-order valence-electron chi connectivity index (χ3n) is 2.30. The molecule has 0 bridgehead atoms. The number of hydrogen-bond donors (Lipinski definition) is 3. The van der Waals surface area contributed by atoms with Gasteiger partial charge >= 0.3 is 0 Å². The van der Waals surface area contributed by atoms with Crippen molar-refractivity contribution in [3.63, 3.8) is 0 Å². The molecule has 8 nitrogen and oxygen atoms in total. The van der Waals surface area contributed by atoms with Crippen molar-refractivity contribution in [2.45, 2.75) is 0 Å². The molecule has 1 amide bonds. The van der Waals surface area contributed by atoms with Gasteiger partial charge in [0.2, 0.25) is 5.91 Å². The van der Waals surface area contributed by atoms with Crippen molar-refractivity contribution in [3.8, 4) is 5.75 Å². The molecule has 1 aromatic rings. The first-order chi connectivity index (χ1) is 10.2. The van der Waals surface area contributed by atoms with Gasteiger partial charge in [-0.25, -0.2) is 0 Å². The zero-order chi connectivity index (χ0) is 15.5. The number of oxime groups is 1. The molecule has 0 radical (unpaired) electrons. The van der Waals surface area contributed by atoms with Crippen LogP contribution in [0, 0.1) is 0 Å². The van der Waals surface area contributed by atoms with Gasteiger partial charge in [-0.2, -0.15) is 0 Å². The smallest absolute Gasteiger partial charge is 0.250 e. The maximum atomic E-state index is 11.6. The van der Waals surface area contributed by atoms with Crippen molar-refractivity contribution in [2.75, 3.05) is 38.9 Å². The summed E-state index contributed by atoms with van der Waals surface area (Å²) in [6.45, 7) is 0.684. The summed E-state index contributed by atoms with van der Waals surface area (Å²) in [7, 11) is 1.56. The molecule has 21 heavy (non-hydrogen) atoms. The molecular formula is C13H19N3O5. The number of nitrogens with zero attached hydrogens (tertiary/aromatic N) is 1. The maximum absolute atomic E-state index is 11.6. The second-order valence-electron chi connectivity index (χ2n) is 4.00. The van der Waals surface area contributed by atoms with Gasteiger partial charge in [0.25, 0.3) is 0 Å². The number of carbonyl (C=O) groups is 1. The van der Waals surface area contributed by atoms with E-state index in [9.17, 15) is 4.79 Å². The van der Waals surface area contributed by atoms with E-state index in [2.05, 4.69) is 10.5 Å². The Labute approximate surface area is 122 Å². The lowest BCUT2D eigenvalue weighted by Gasteiger charge is -2.09. The number of benzene rings is 1. The number of carbonyl (C=O) groups excluding carboxylic acids is 1. The normalized spacial score (nSPS) is 11.2. The summed E-state index contributed by atoms with van der Waals surface area (Å²) in [4.78, 5) is 11.6. The van der Waals surface area contributed by atoms with Gasteiger partial charge < -0.3 is 30.5 Å². The molecule has 0 saturated carbocycles. The highest BCUT2D eigenvalue weighted by Crippen LogP contribution is 2.17. The van der Waals surface area contributed by atoms with Crippen LogP contribution >= 0.6 is 0 Å². The topological polar surface area (TPSA) is 115 Å². The van der Waals surface area contributed by atoms with Crippen LogP contribution in [0.5, 0.6) is 5.75 Å². The lowest BCUT2D eigenvalue weighted by molar-refractivity contribution is -0.121. The first-order valence-electron chi connectivity index (χ1n) is 6.21. The minimum Gasteiger partial charge on any atom is -0.485 e. The molecule has 8 heteroatoms. The van der Waals surface area contributed by atoms with E-state index < -0.39 is 0 Å². The molecule has 0 fully saturated rings. The quantitative estimate of drug-likeness (QED) is 0.200. The van der Waals surface area contributed by atoms with E-state index in [-0.39, 0.29) is 25.0 Å². The molecule has 0 atom stereocenters. The molecule has 0 spiro atoms. The van der Waals surface area contributed by atoms with Gasteiger partial charge in [-0.1, -0.05) is 11.2 Å². The van der Waals surface area contributed by atoms with Crippen LogP contribution in [-0.2, 0) is 14.3 Å². The number of hydrogen-bond acceptors (Lipinski definition) is 6. The maximum Gasteiger partial charge on any atom is 0.250 e. The Morgan fingerprint density at radius 1 is 1.38 bits per heavy atom. The summed E-state index contributed by atoms with van der Waals surface area (Å²) >= 11 is 0. The zero-order valence-corrected chi connectivity index (χ0v) is 11.7. The predicted molar refractivity (Wildman–Crippen MR) is 76.7 cm³/mol. The average molecular weight is 297 g/mol. The number of rotatable bonds is 9. The molecular weight excluding hydrogens is 278 g/mol. The second-order valence-corrected chi connectivity index (χ2v) is 4.00. The van der Waals surface area contributed by atoms with Crippen molar-refractivity contribution in [1.82, 2.24) is 0 Å². The largest absolute Gasteiger partial charge is 0.485 e. The lowest BCUT2D eigenvalue weighted by Crippen LogP contribution is -2.21. The molecule has 0 aliphatic rings. The molecule has 0 aromatic heterocycles. The van der Waals surface area contributed by atoms with Gasteiger partial charge in [0.05, 0.1) is 13.2 Å². The standard InChI is InChI=1S/C13H19N3O5/c1-19-5-6-20-9-13(17)15-10-3-2-4-11(7-10)21-8-12(14)16-18/h2-4,7,18H,5-6,8-9H2,1H3,(H2,14,16)(H,15,17). The van der Waals surface area contributed by atoms with E-state index in [0.29, 0.717) is 24.7 Å². The first-order valence-corrected chi connectivity index (χ1v) is 6.21. The van der Waals surface area contributed by atoms with Crippen molar-refractivity contribution in [3.05, 3.63) is 24.3 Å². The summed E-state index contributed by atoms with van der Waals surface area (Å²) < 4.78 is 15.2. The van der Waals surface area contributed by atoms with Crippen LogP contribution in [0.25, 0.3) is 0 Å². The van der Waals surface area contributed by atoms with Crippen molar-refractivity contribution < 1.29 is 24.2 Å². The van der Waals surface area contributed by atoms with Crippen LogP contribution < -0.4 is 15.8 Å². The number of ether oxygens (including phenoxy) is 3. The minimum atomic E-state index is -0.278. The minimum absolute atomic E-state index is 0.0454. The van der Waals surface area contributed by atoms with E-state index in [0.717, 1.165) is 0 Å². The number of amides is 1. The van der Waals surface area contributed by atoms with Gasteiger partial charge in [0.1, 0.15) is 19.0 Å². The van der Waals surface area contributed by atoms with Crippen LogP contribution in [-0.4, -0.2) is 50.5 Å². The third-order valence-corrected chi connectivity index (χ3v) is 2.30. The van der Waals surface area contributed by atoms with Gasteiger partial charge in [-0.15, -0.1) is 0 Å². The number of nitrogens with one attached hydrogen (secondary N) is 1. The summed E-state index contributed by atoms with van der Waals surface area (Å²) in [5, 5.41) is 13.9. The highest BCUT2D eigenvalue weighted by atomic mass is 16.5. The van der Waals surface area contributed by atoms with E-state index >= 15 is 0 Å². The molecule has 1 aromatic carbocycles. The molecule has 116 valence electrons. The number of methoxy groups -OCH3 is 1. The second kappa shape index (κ2) is 9.56. The van der Waals surface area contributed by atoms with E-state index in [1.54, 1.807) is 31.4 Å². The van der Waals surface area contributed by atoms with Gasteiger partial charge in [-0.05, 0) is 12.1 Å². The Bertz CT molecular complexity index is 479. The van der Waals surface area contributed by atoms with E-state index in [1.807, 2.05) is 0 Å². The summed E-state index contributed by atoms with van der Waals surface area (Å²) in [6, 6.07) is 6.74. The fourth-order valence-corrected chi connectivity index (χ4v) is 1.35. The van der Waals surface area contributed by atoms with Gasteiger partial charge in [-0.3, -0.25) is 4.79 Å². The zero-order valence-electron chi connectivity index (χ0n) is 11.7. The monoisotopic (exact) mass is 297 g/mol. The Balaban J connectivity index is 2.43. The van der Waals surface area contributed by atoms with Crippen LogP contribution in [0.15, 0.2) is 29.4 Å². The number of anilines is 1. The van der Waals surface area contributed by atoms with Crippen molar-refractivity contribution in [1.29, 1.82) is 0 Å². The Hall–Kier alpha value is -2.32. The third kappa shape index (κ3) is 7.14. The summed E-state index contributed by atoms with van der Waals surface area (Å²) in [5.74, 6) is 0.162. The van der Waals surface area contributed by atoms with Crippen LogP contribution in [0.4, 0.5) is 5.69 Å². The van der Waals surface area contributed by atoms with Crippen molar-refractivity contribution >= 4 is 17.4 Å². The number of amidine groups is 1. The van der Waals surface area contributed by atoms with E-state index in [4.69, 9.17) is 25.2 Å². The molecule has 0 aliphatic carbocycles. The summed E-state index contributed by atoms with van der Waals surface area (Å²) in [6.07, 6.45) is 0. The average Bonchev–Trinajstić information content (AvgIpc) is 2.49. The first kappa shape index (κ1) is 16.7. The molecule has 1 rings (SSSR count). The highest BCUT2D eigenvalue weighted by Gasteiger charge is 2.04. The Morgan fingerprint density at radius 3 is 2.90 bits per heavy atom. The SMILES string of the molecule is COCCOCC(=O)Nc1cccc(OC/C(N)=N/O)c1. The fourth-order valence-electron chi connectivity index (χ4n) is 1.35. The van der Waals surface area contributed by atoms with Crippen LogP contribution in [0.3, 0.4) is 0 Å². The van der Waals surface area contributed by atoms with Crippen LogP contribution in [0.2, 0.25) is 0 Å². The molecule has 0 saturated heterocycles. The highest BCUT2D eigenvalue weighted by molar-refractivity contribution is 5.91. The molecule has 4 N–H and O–H groups in total. The molecule has 0 heterocycles. The van der Waals surface area contributed by atoms with Gasteiger partial charge in [0.15, 0.2) is 5.84 Å². The fraction of sp³-hybridized carbons (Fsp3) is 0.385. The van der Waals surface area contributed by atoms with Gasteiger partial charge in [0, 0.05) is 18.9 Å². The molecule has 0 unspecified atom stereocenters. The Morgan fingerprint density at radius 2 is 2.19 bits per heavy atom. The molecule has 0 aliphatic heterocycles.